The van der Waals surface area contributed by atoms with Gasteiger partial charge >= 0.3 is 6.18 Å². The van der Waals surface area contributed by atoms with Crippen LogP contribution in [0, 0.1) is 0 Å². The van der Waals surface area contributed by atoms with Crippen molar-refractivity contribution in [3.05, 3.63) is 102 Å². The molecule has 156 valence electrons. The second kappa shape index (κ2) is 8.10. The number of anilines is 1. The molecule has 1 heterocycles. The fraction of sp³-hybridized carbons (Fsp3) is 0.0833. The molecule has 4 rings (SSSR count). The zero-order chi connectivity index (χ0) is 22.0. The lowest BCUT2D eigenvalue weighted by Gasteiger charge is -2.14. The maximum Gasteiger partial charge on any atom is 0.418 e. The summed E-state index contributed by atoms with van der Waals surface area (Å²) < 4.78 is 41.1. The minimum Gasteiger partial charge on any atom is -0.337 e. The number of carbonyl (C=O) groups is 2. The van der Waals surface area contributed by atoms with Crippen molar-refractivity contribution < 1.29 is 22.8 Å². The molecule has 0 fully saturated rings. The van der Waals surface area contributed by atoms with Crippen LogP contribution in [0.15, 0.2) is 85.1 Å². The SMILES string of the molecule is O=C(Cn1cc(C(=O)c2ccccc2)c2ccccc21)Nc1ccccc1C(F)(F)F. The van der Waals surface area contributed by atoms with E-state index in [0.717, 1.165) is 6.07 Å². The standard InChI is InChI=1S/C24H17F3N2O2/c25-24(26,27)19-11-5-6-12-20(19)28-22(30)15-29-14-18(17-10-4-7-13-21(17)29)23(31)16-8-2-1-3-9-16/h1-14H,15H2,(H,28,30). The summed E-state index contributed by atoms with van der Waals surface area (Å²) in [7, 11) is 0. The Morgan fingerprint density at radius 3 is 2.23 bits per heavy atom. The van der Waals surface area contributed by atoms with Gasteiger partial charge in [0.1, 0.15) is 6.54 Å². The molecule has 0 unspecified atom stereocenters. The molecule has 0 bridgehead atoms. The lowest BCUT2D eigenvalue weighted by molar-refractivity contribution is -0.137. The second-order valence-corrected chi connectivity index (χ2v) is 6.97. The first-order valence-electron chi connectivity index (χ1n) is 9.48. The highest BCUT2D eigenvalue weighted by Crippen LogP contribution is 2.34. The van der Waals surface area contributed by atoms with Crippen LogP contribution in [0.3, 0.4) is 0 Å². The average Bonchev–Trinajstić information content (AvgIpc) is 3.12. The Morgan fingerprint density at radius 1 is 0.839 bits per heavy atom. The first-order chi connectivity index (χ1) is 14.8. The van der Waals surface area contributed by atoms with Gasteiger partial charge in [0.25, 0.3) is 0 Å². The minimum atomic E-state index is -4.58. The first-order valence-corrected chi connectivity index (χ1v) is 9.48. The van der Waals surface area contributed by atoms with Crippen LogP contribution in [0.25, 0.3) is 10.9 Å². The topological polar surface area (TPSA) is 51.1 Å². The summed E-state index contributed by atoms with van der Waals surface area (Å²) in [4.78, 5) is 25.5. The number of hydrogen-bond donors (Lipinski definition) is 1. The molecule has 0 saturated carbocycles. The van der Waals surface area contributed by atoms with Crippen LogP contribution in [0.4, 0.5) is 18.9 Å². The molecule has 0 spiro atoms. The van der Waals surface area contributed by atoms with Crippen molar-refractivity contribution in [3.8, 4) is 0 Å². The largest absolute Gasteiger partial charge is 0.418 e. The molecule has 0 radical (unpaired) electrons. The number of hydrogen-bond acceptors (Lipinski definition) is 2. The van der Waals surface area contributed by atoms with Crippen molar-refractivity contribution in [2.75, 3.05) is 5.32 Å². The Hall–Kier alpha value is -3.87. The molecule has 0 saturated heterocycles. The van der Waals surface area contributed by atoms with E-state index in [2.05, 4.69) is 5.32 Å². The lowest BCUT2D eigenvalue weighted by Crippen LogP contribution is -2.20. The number of benzene rings is 3. The van der Waals surface area contributed by atoms with Gasteiger partial charge in [-0.15, -0.1) is 0 Å². The summed E-state index contributed by atoms with van der Waals surface area (Å²) in [5, 5.41) is 3.00. The molecule has 0 aliphatic rings. The quantitative estimate of drug-likeness (QED) is 0.430. The Kier molecular flexibility index (Phi) is 5.33. The summed E-state index contributed by atoms with van der Waals surface area (Å²) >= 11 is 0. The Labute approximate surface area is 175 Å². The van der Waals surface area contributed by atoms with E-state index in [1.54, 1.807) is 59.3 Å². The number of rotatable bonds is 5. The summed E-state index contributed by atoms with van der Waals surface area (Å²) in [5.74, 6) is -0.825. The maximum atomic E-state index is 13.2. The second-order valence-electron chi connectivity index (χ2n) is 6.97. The van der Waals surface area contributed by atoms with E-state index in [4.69, 9.17) is 0 Å². The van der Waals surface area contributed by atoms with Crippen molar-refractivity contribution in [1.29, 1.82) is 0 Å². The van der Waals surface area contributed by atoms with Gasteiger partial charge in [0.15, 0.2) is 5.78 Å². The zero-order valence-electron chi connectivity index (χ0n) is 16.2. The van der Waals surface area contributed by atoms with Crippen LogP contribution in [0.2, 0.25) is 0 Å². The third-order valence-corrected chi connectivity index (χ3v) is 4.89. The smallest absolute Gasteiger partial charge is 0.337 e. The van der Waals surface area contributed by atoms with E-state index in [9.17, 15) is 22.8 Å². The highest BCUT2D eigenvalue weighted by molar-refractivity contribution is 6.16. The Bertz CT molecular complexity index is 1260. The third kappa shape index (κ3) is 4.21. The van der Waals surface area contributed by atoms with Crippen LogP contribution < -0.4 is 5.32 Å². The van der Waals surface area contributed by atoms with Gasteiger partial charge < -0.3 is 9.88 Å². The van der Waals surface area contributed by atoms with Gasteiger partial charge in [-0.2, -0.15) is 13.2 Å². The van der Waals surface area contributed by atoms with Crippen molar-refractivity contribution >= 4 is 28.3 Å². The maximum absolute atomic E-state index is 13.2. The van der Waals surface area contributed by atoms with E-state index in [1.807, 2.05) is 6.07 Å². The lowest BCUT2D eigenvalue weighted by atomic mass is 10.0. The molecule has 1 N–H and O–H groups in total. The molecule has 0 aliphatic carbocycles. The fourth-order valence-electron chi connectivity index (χ4n) is 3.49. The number of alkyl halides is 3. The van der Waals surface area contributed by atoms with E-state index >= 15 is 0 Å². The number of fused-ring (bicyclic) bond motifs is 1. The number of amides is 1. The third-order valence-electron chi connectivity index (χ3n) is 4.89. The van der Waals surface area contributed by atoms with Crippen molar-refractivity contribution in [3.63, 3.8) is 0 Å². The highest BCUT2D eigenvalue weighted by atomic mass is 19.4. The summed E-state index contributed by atoms with van der Waals surface area (Å²) in [5.41, 5.74) is 0.345. The van der Waals surface area contributed by atoms with Gasteiger partial charge in [-0.3, -0.25) is 9.59 Å². The van der Waals surface area contributed by atoms with E-state index < -0.39 is 17.6 Å². The predicted octanol–water partition coefficient (Wildman–Crippen LogP) is 5.53. The average molecular weight is 422 g/mol. The fourth-order valence-corrected chi connectivity index (χ4v) is 3.49. The number of aromatic nitrogens is 1. The summed E-state index contributed by atoms with van der Waals surface area (Å²) in [6.45, 7) is -0.241. The minimum absolute atomic E-state index is 0.196. The van der Waals surface area contributed by atoms with E-state index in [0.29, 0.717) is 22.0 Å². The molecule has 1 aromatic heterocycles. The number of nitrogens with zero attached hydrogens (tertiary/aromatic N) is 1. The van der Waals surface area contributed by atoms with Gasteiger partial charge in [-0.1, -0.05) is 60.7 Å². The Balaban J connectivity index is 1.64. The molecule has 31 heavy (non-hydrogen) atoms. The van der Waals surface area contributed by atoms with E-state index in [1.165, 1.54) is 18.2 Å². The van der Waals surface area contributed by atoms with Crippen LogP contribution in [-0.4, -0.2) is 16.3 Å². The number of halogens is 3. The van der Waals surface area contributed by atoms with Gasteiger partial charge in [-0.05, 0) is 18.2 Å². The molecule has 4 nitrogen and oxygen atoms in total. The van der Waals surface area contributed by atoms with Crippen molar-refractivity contribution in [2.45, 2.75) is 12.7 Å². The molecular weight excluding hydrogens is 405 g/mol. The summed E-state index contributed by atoms with van der Waals surface area (Å²) in [6, 6.07) is 20.6. The molecule has 1 amide bonds. The predicted molar refractivity (Wildman–Crippen MR) is 112 cm³/mol. The normalized spacial score (nSPS) is 11.5. The van der Waals surface area contributed by atoms with Crippen molar-refractivity contribution in [2.24, 2.45) is 0 Å². The number of para-hydroxylation sites is 2. The van der Waals surface area contributed by atoms with Crippen LogP contribution in [-0.2, 0) is 17.5 Å². The van der Waals surface area contributed by atoms with Gasteiger partial charge in [0, 0.05) is 28.2 Å². The molecule has 0 atom stereocenters. The molecule has 4 aromatic rings. The van der Waals surface area contributed by atoms with Gasteiger partial charge in [0.05, 0.1) is 11.3 Å². The van der Waals surface area contributed by atoms with Crippen molar-refractivity contribution in [1.82, 2.24) is 4.57 Å². The molecular formula is C24H17F3N2O2. The molecule has 3 aromatic carbocycles. The van der Waals surface area contributed by atoms with Gasteiger partial charge in [0.2, 0.25) is 5.91 Å². The highest BCUT2D eigenvalue weighted by Gasteiger charge is 2.33. The Morgan fingerprint density at radius 2 is 1.48 bits per heavy atom. The first kappa shape index (κ1) is 20.4. The number of ketones is 1. The van der Waals surface area contributed by atoms with Crippen LogP contribution in [0.5, 0.6) is 0 Å². The monoisotopic (exact) mass is 422 g/mol. The van der Waals surface area contributed by atoms with Crippen LogP contribution in [0.1, 0.15) is 21.5 Å². The van der Waals surface area contributed by atoms with E-state index in [-0.39, 0.29) is 18.0 Å². The van der Waals surface area contributed by atoms with Gasteiger partial charge in [-0.25, -0.2) is 0 Å². The molecule has 0 aliphatic heterocycles. The summed E-state index contributed by atoms with van der Waals surface area (Å²) in [6.07, 6.45) is -3.02. The van der Waals surface area contributed by atoms with Crippen LogP contribution >= 0.6 is 0 Å². The molecule has 7 heteroatoms. The number of nitrogens with one attached hydrogen (secondary N) is 1. The number of carbonyl (C=O) groups excluding carboxylic acids is 2. The zero-order valence-corrected chi connectivity index (χ0v) is 16.2.